The van der Waals surface area contributed by atoms with Crippen molar-refractivity contribution >= 4 is 0 Å². The Morgan fingerprint density at radius 2 is 1.86 bits per heavy atom. The average Bonchev–Trinajstić information content (AvgIpc) is 2.49. The van der Waals surface area contributed by atoms with Crippen LogP contribution < -0.4 is 10.1 Å². The predicted octanol–water partition coefficient (Wildman–Crippen LogP) is 3.72. The standard InChI is InChI=1S/C17H21FN2O/c1-12(2)17(14-5-7-15(18)8-6-14)20-11-13-4-9-16(21-3)19-10-13/h4-10,12,17,20H,11H2,1-3H3. The SMILES string of the molecule is COc1ccc(CNC(c2ccc(F)cc2)C(C)C)cn1. The molecule has 1 aromatic carbocycles. The lowest BCUT2D eigenvalue weighted by atomic mass is 9.96. The summed E-state index contributed by atoms with van der Waals surface area (Å²) in [4.78, 5) is 4.19. The van der Waals surface area contributed by atoms with E-state index in [0.717, 1.165) is 11.1 Å². The molecule has 1 aromatic heterocycles. The fourth-order valence-electron chi connectivity index (χ4n) is 2.27. The molecule has 2 aromatic rings. The van der Waals surface area contributed by atoms with Gasteiger partial charge in [-0.1, -0.05) is 32.0 Å². The summed E-state index contributed by atoms with van der Waals surface area (Å²) < 4.78 is 18.1. The molecule has 112 valence electrons. The molecular formula is C17H21FN2O. The largest absolute Gasteiger partial charge is 0.481 e. The molecule has 0 spiro atoms. The Morgan fingerprint density at radius 3 is 2.38 bits per heavy atom. The Balaban J connectivity index is 2.04. The van der Waals surface area contributed by atoms with Gasteiger partial charge < -0.3 is 10.1 Å². The number of benzene rings is 1. The molecule has 1 heterocycles. The molecule has 0 fully saturated rings. The van der Waals surface area contributed by atoms with Crippen LogP contribution in [0, 0.1) is 11.7 Å². The van der Waals surface area contributed by atoms with E-state index in [1.807, 2.05) is 24.3 Å². The van der Waals surface area contributed by atoms with E-state index in [4.69, 9.17) is 4.74 Å². The summed E-state index contributed by atoms with van der Waals surface area (Å²) in [6.45, 7) is 5.00. The van der Waals surface area contributed by atoms with Gasteiger partial charge in [0.25, 0.3) is 0 Å². The van der Waals surface area contributed by atoms with Crippen molar-refractivity contribution in [2.75, 3.05) is 7.11 Å². The van der Waals surface area contributed by atoms with Gasteiger partial charge in [-0.05, 0) is 29.2 Å². The lowest BCUT2D eigenvalue weighted by molar-refractivity contribution is 0.395. The maximum atomic E-state index is 13.0. The maximum Gasteiger partial charge on any atom is 0.212 e. The topological polar surface area (TPSA) is 34.1 Å². The van der Waals surface area contributed by atoms with E-state index < -0.39 is 0 Å². The summed E-state index contributed by atoms with van der Waals surface area (Å²) in [5.41, 5.74) is 2.18. The Bertz CT molecular complexity index is 552. The molecule has 0 radical (unpaired) electrons. The minimum atomic E-state index is -0.208. The van der Waals surface area contributed by atoms with Crippen molar-refractivity contribution < 1.29 is 9.13 Å². The number of pyridine rings is 1. The summed E-state index contributed by atoms with van der Waals surface area (Å²) >= 11 is 0. The molecule has 3 nitrogen and oxygen atoms in total. The number of nitrogens with zero attached hydrogens (tertiary/aromatic N) is 1. The number of aromatic nitrogens is 1. The monoisotopic (exact) mass is 288 g/mol. The zero-order valence-corrected chi connectivity index (χ0v) is 12.6. The van der Waals surface area contributed by atoms with Crippen LogP contribution in [0.3, 0.4) is 0 Å². The van der Waals surface area contributed by atoms with E-state index in [2.05, 4.69) is 24.1 Å². The van der Waals surface area contributed by atoms with E-state index in [1.165, 1.54) is 12.1 Å². The zero-order valence-electron chi connectivity index (χ0n) is 12.6. The number of ether oxygens (including phenoxy) is 1. The predicted molar refractivity (Wildman–Crippen MR) is 81.6 cm³/mol. The van der Waals surface area contributed by atoms with Gasteiger partial charge in [0.2, 0.25) is 5.88 Å². The van der Waals surface area contributed by atoms with Crippen molar-refractivity contribution in [3.8, 4) is 5.88 Å². The summed E-state index contributed by atoms with van der Waals surface area (Å²) in [6.07, 6.45) is 1.80. The highest BCUT2D eigenvalue weighted by Gasteiger charge is 2.15. The fourth-order valence-corrected chi connectivity index (χ4v) is 2.27. The van der Waals surface area contributed by atoms with Crippen molar-refractivity contribution in [1.29, 1.82) is 0 Å². The Kier molecular flexibility index (Phi) is 5.28. The van der Waals surface area contributed by atoms with Gasteiger partial charge in [0, 0.05) is 24.8 Å². The summed E-state index contributed by atoms with van der Waals surface area (Å²) in [7, 11) is 1.60. The van der Waals surface area contributed by atoms with E-state index in [1.54, 1.807) is 13.3 Å². The number of rotatable bonds is 6. The Labute approximate surface area is 125 Å². The third-order valence-corrected chi connectivity index (χ3v) is 3.43. The molecule has 1 unspecified atom stereocenters. The van der Waals surface area contributed by atoms with Crippen LogP contribution in [0.5, 0.6) is 5.88 Å². The quantitative estimate of drug-likeness (QED) is 0.879. The van der Waals surface area contributed by atoms with Crippen LogP contribution in [-0.4, -0.2) is 12.1 Å². The van der Waals surface area contributed by atoms with E-state index in [0.29, 0.717) is 18.3 Å². The van der Waals surface area contributed by atoms with Gasteiger partial charge in [0.05, 0.1) is 7.11 Å². The smallest absolute Gasteiger partial charge is 0.212 e. The molecular weight excluding hydrogens is 267 g/mol. The third-order valence-electron chi connectivity index (χ3n) is 3.43. The van der Waals surface area contributed by atoms with Gasteiger partial charge in [0.15, 0.2) is 0 Å². The van der Waals surface area contributed by atoms with Crippen molar-refractivity contribution in [2.45, 2.75) is 26.4 Å². The van der Waals surface area contributed by atoms with Gasteiger partial charge in [-0.3, -0.25) is 0 Å². The second-order valence-electron chi connectivity index (χ2n) is 5.36. The summed E-state index contributed by atoms with van der Waals surface area (Å²) in [6, 6.07) is 10.7. The van der Waals surface area contributed by atoms with Gasteiger partial charge in [-0.2, -0.15) is 0 Å². The minimum Gasteiger partial charge on any atom is -0.481 e. The number of methoxy groups -OCH3 is 1. The minimum absolute atomic E-state index is 0.174. The van der Waals surface area contributed by atoms with E-state index >= 15 is 0 Å². The molecule has 1 atom stereocenters. The number of nitrogens with one attached hydrogen (secondary N) is 1. The summed E-state index contributed by atoms with van der Waals surface area (Å²) in [5, 5.41) is 3.51. The van der Waals surface area contributed by atoms with Crippen LogP contribution in [-0.2, 0) is 6.54 Å². The van der Waals surface area contributed by atoms with Crippen LogP contribution in [0.2, 0.25) is 0 Å². The van der Waals surface area contributed by atoms with Crippen LogP contribution in [0.15, 0.2) is 42.6 Å². The number of hydrogen-bond donors (Lipinski definition) is 1. The van der Waals surface area contributed by atoms with Crippen molar-refractivity contribution in [3.05, 3.63) is 59.5 Å². The van der Waals surface area contributed by atoms with Gasteiger partial charge in [0.1, 0.15) is 5.82 Å². The lowest BCUT2D eigenvalue weighted by Gasteiger charge is -2.23. The fraction of sp³-hybridized carbons (Fsp3) is 0.353. The maximum absolute atomic E-state index is 13.0. The second-order valence-corrected chi connectivity index (χ2v) is 5.36. The number of halogens is 1. The molecule has 0 saturated heterocycles. The number of hydrogen-bond acceptors (Lipinski definition) is 3. The van der Waals surface area contributed by atoms with E-state index in [-0.39, 0.29) is 11.9 Å². The highest BCUT2D eigenvalue weighted by molar-refractivity contribution is 5.22. The third kappa shape index (κ3) is 4.26. The Hall–Kier alpha value is -1.94. The molecule has 0 bridgehead atoms. The van der Waals surface area contributed by atoms with Crippen molar-refractivity contribution in [1.82, 2.24) is 10.3 Å². The zero-order chi connectivity index (χ0) is 15.2. The molecule has 2 rings (SSSR count). The first-order chi connectivity index (χ1) is 10.1. The average molecular weight is 288 g/mol. The lowest BCUT2D eigenvalue weighted by Crippen LogP contribution is -2.25. The molecule has 0 saturated carbocycles. The van der Waals surface area contributed by atoms with Gasteiger partial charge >= 0.3 is 0 Å². The molecule has 0 amide bonds. The first kappa shape index (κ1) is 15.4. The molecule has 0 aliphatic heterocycles. The second kappa shape index (κ2) is 7.18. The van der Waals surface area contributed by atoms with Crippen molar-refractivity contribution in [3.63, 3.8) is 0 Å². The summed E-state index contributed by atoms with van der Waals surface area (Å²) in [5.74, 6) is 0.806. The molecule has 1 N–H and O–H groups in total. The van der Waals surface area contributed by atoms with Gasteiger partial charge in [-0.25, -0.2) is 9.37 Å². The molecule has 21 heavy (non-hydrogen) atoms. The molecule has 4 heteroatoms. The normalized spacial score (nSPS) is 12.4. The molecule has 0 aliphatic carbocycles. The molecule has 0 aliphatic rings. The highest BCUT2D eigenvalue weighted by atomic mass is 19.1. The van der Waals surface area contributed by atoms with Crippen molar-refractivity contribution in [2.24, 2.45) is 5.92 Å². The van der Waals surface area contributed by atoms with Crippen LogP contribution >= 0.6 is 0 Å². The van der Waals surface area contributed by atoms with Crippen LogP contribution in [0.1, 0.15) is 31.0 Å². The van der Waals surface area contributed by atoms with Crippen LogP contribution in [0.25, 0.3) is 0 Å². The Morgan fingerprint density at radius 1 is 1.14 bits per heavy atom. The first-order valence-electron chi connectivity index (χ1n) is 7.08. The van der Waals surface area contributed by atoms with Crippen LogP contribution in [0.4, 0.5) is 4.39 Å². The van der Waals surface area contributed by atoms with E-state index in [9.17, 15) is 4.39 Å². The highest BCUT2D eigenvalue weighted by Crippen LogP contribution is 2.22. The van der Waals surface area contributed by atoms with Gasteiger partial charge in [-0.15, -0.1) is 0 Å². The first-order valence-corrected chi connectivity index (χ1v) is 7.08.